The maximum atomic E-state index is 11.7. The van der Waals surface area contributed by atoms with Gasteiger partial charge in [-0.05, 0) is 18.2 Å². The fourth-order valence-corrected chi connectivity index (χ4v) is 1.46. The van der Waals surface area contributed by atoms with Gasteiger partial charge in [-0.25, -0.2) is 0 Å². The van der Waals surface area contributed by atoms with E-state index in [4.69, 9.17) is 0 Å². The van der Waals surface area contributed by atoms with E-state index in [-0.39, 0.29) is 11.5 Å². The Bertz CT molecular complexity index is 561. The lowest BCUT2D eigenvalue weighted by Gasteiger charge is -2.04. The number of aromatic nitrogens is 1. The fraction of sp³-hybridized carbons (Fsp3) is 0.0769. The highest BCUT2D eigenvalue weighted by Gasteiger charge is 2.03. The van der Waals surface area contributed by atoms with Crippen LogP contribution in [0.15, 0.2) is 53.3 Å². The molecule has 2 aromatic rings. The highest BCUT2D eigenvalue weighted by molar-refractivity contribution is 5.93. The van der Waals surface area contributed by atoms with Crippen LogP contribution in [0.1, 0.15) is 16.1 Å². The van der Waals surface area contributed by atoms with Crippen LogP contribution in [0.3, 0.4) is 0 Å². The molecule has 1 heterocycles. The Kier molecular flexibility index (Phi) is 3.35. The molecular weight excluding hydrogens is 216 g/mol. The Morgan fingerprint density at radius 3 is 2.53 bits per heavy atom. The third-order valence-electron chi connectivity index (χ3n) is 2.30. The largest absolute Gasteiger partial charge is 0.346 e. The minimum atomic E-state index is -0.170. The number of aromatic amines is 1. The molecule has 4 nitrogen and oxygen atoms in total. The van der Waals surface area contributed by atoms with E-state index in [2.05, 4.69) is 10.3 Å². The zero-order chi connectivity index (χ0) is 12.1. The molecule has 2 rings (SSSR count). The molecule has 4 heteroatoms. The van der Waals surface area contributed by atoms with Crippen LogP contribution < -0.4 is 10.9 Å². The number of nitrogens with one attached hydrogen (secondary N) is 2. The van der Waals surface area contributed by atoms with Crippen LogP contribution in [0.2, 0.25) is 0 Å². The second kappa shape index (κ2) is 5.12. The maximum Gasteiger partial charge on any atom is 0.251 e. The highest BCUT2D eigenvalue weighted by atomic mass is 16.1. The van der Waals surface area contributed by atoms with Gasteiger partial charge in [0.1, 0.15) is 0 Å². The van der Waals surface area contributed by atoms with E-state index in [1.54, 1.807) is 36.4 Å². The van der Waals surface area contributed by atoms with Crippen molar-refractivity contribution in [3.8, 4) is 0 Å². The van der Waals surface area contributed by atoms with Crippen LogP contribution in [-0.4, -0.2) is 10.9 Å². The zero-order valence-electron chi connectivity index (χ0n) is 9.14. The van der Waals surface area contributed by atoms with Gasteiger partial charge in [0.15, 0.2) is 0 Å². The molecule has 0 aliphatic carbocycles. The normalized spacial score (nSPS) is 9.88. The summed E-state index contributed by atoms with van der Waals surface area (Å²) in [4.78, 5) is 25.4. The van der Waals surface area contributed by atoms with Gasteiger partial charge < -0.3 is 10.3 Å². The average molecular weight is 228 g/mol. The maximum absolute atomic E-state index is 11.7. The molecule has 17 heavy (non-hydrogen) atoms. The Morgan fingerprint density at radius 2 is 1.82 bits per heavy atom. The number of hydrogen-bond acceptors (Lipinski definition) is 2. The first-order chi connectivity index (χ1) is 8.25. The zero-order valence-corrected chi connectivity index (χ0v) is 9.14. The van der Waals surface area contributed by atoms with Gasteiger partial charge in [0.25, 0.3) is 5.91 Å². The molecule has 0 radical (unpaired) electrons. The molecule has 0 aliphatic rings. The van der Waals surface area contributed by atoms with E-state index in [0.717, 1.165) is 0 Å². The summed E-state index contributed by atoms with van der Waals surface area (Å²) in [5, 5.41) is 2.73. The second-order valence-corrected chi connectivity index (χ2v) is 3.59. The number of hydrogen-bond donors (Lipinski definition) is 2. The first-order valence-corrected chi connectivity index (χ1v) is 5.27. The van der Waals surface area contributed by atoms with Gasteiger partial charge in [-0.3, -0.25) is 9.59 Å². The molecule has 1 aromatic carbocycles. The molecule has 2 N–H and O–H groups in total. The van der Waals surface area contributed by atoms with Crippen LogP contribution in [0.25, 0.3) is 0 Å². The Labute approximate surface area is 98.3 Å². The molecule has 1 amide bonds. The highest BCUT2D eigenvalue weighted by Crippen LogP contribution is 1.98. The van der Waals surface area contributed by atoms with Gasteiger partial charge in [-0.2, -0.15) is 0 Å². The first kappa shape index (κ1) is 11.1. The summed E-state index contributed by atoms with van der Waals surface area (Å²) in [6.07, 6.45) is 0. The van der Waals surface area contributed by atoms with E-state index >= 15 is 0 Å². The summed E-state index contributed by atoms with van der Waals surface area (Å²) in [5.74, 6) is -0.157. The van der Waals surface area contributed by atoms with Gasteiger partial charge >= 0.3 is 0 Å². The summed E-state index contributed by atoms with van der Waals surface area (Å²) in [6.45, 7) is 0.309. The lowest BCUT2D eigenvalue weighted by atomic mass is 10.2. The van der Waals surface area contributed by atoms with Crippen molar-refractivity contribution in [3.63, 3.8) is 0 Å². The van der Waals surface area contributed by atoms with Crippen LogP contribution in [0, 0.1) is 0 Å². The lowest BCUT2D eigenvalue weighted by Crippen LogP contribution is -2.24. The number of benzene rings is 1. The summed E-state index contributed by atoms with van der Waals surface area (Å²) in [7, 11) is 0. The van der Waals surface area contributed by atoms with Gasteiger partial charge in [0.2, 0.25) is 5.56 Å². The average Bonchev–Trinajstić information content (AvgIpc) is 2.37. The van der Waals surface area contributed by atoms with Gasteiger partial charge in [0.05, 0.1) is 6.54 Å². The number of rotatable bonds is 3. The summed E-state index contributed by atoms with van der Waals surface area (Å²) >= 11 is 0. The van der Waals surface area contributed by atoms with E-state index in [1.165, 1.54) is 6.07 Å². The SMILES string of the molecule is O=C(NCc1cccc(=O)[nH]1)c1ccccc1. The van der Waals surface area contributed by atoms with Crippen LogP contribution >= 0.6 is 0 Å². The third kappa shape index (κ3) is 3.04. The Morgan fingerprint density at radius 1 is 1.06 bits per heavy atom. The molecule has 0 aliphatic heterocycles. The summed E-state index contributed by atoms with van der Waals surface area (Å²) in [6, 6.07) is 13.8. The number of carbonyl (C=O) groups excluding carboxylic acids is 1. The van der Waals surface area contributed by atoms with Crippen molar-refractivity contribution in [3.05, 3.63) is 70.1 Å². The molecule has 0 spiro atoms. The molecule has 1 aromatic heterocycles. The predicted molar refractivity (Wildman–Crippen MR) is 64.7 cm³/mol. The van der Waals surface area contributed by atoms with Crippen molar-refractivity contribution in [2.75, 3.05) is 0 Å². The number of H-pyrrole nitrogens is 1. The van der Waals surface area contributed by atoms with E-state index in [1.807, 2.05) is 6.07 Å². The van der Waals surface area contributed by atoms with Gasteiger partial charge in [-0.1, -0.05) is 24.3 Å². The van der Waals surface area contributed by atoms with Crippen molar-refractivity contribution in [1.29, 1.82) is 0 Å². The van der Waals surface area contributed by atoms with Crippen molar-refractivity contribution < 1.29 is 4.79 Å². The van der Waals surface area contributed by atoms with Crippen molar-refractivity contribution in [1.82, 2.24) is 10.3 Å². The molecule has 86 valence electrons. The molecule has 0 saturated heterocycles. The van der Waals surface area contributed by atoms with Crippen LogP contribution in [0.4, 0.5) is 0 Å². The number of pyridine rings is 1. The minimum Gasteiger partial charge on any atom is -0.346 e. The van der Waals surface area contributed by atoms with Gasteiger partial charge in [0, 0.05) is 17.3 Å². The first-order valence-electron chi connectivity index (χ1n) is 5.27. The number of amides is 1. The standard InChI is InChI=1S/C13H12N2O2/c16-12-8-4-7-11(15-12)9-14-13(17)10-5-2-1-3-6-10/h1-8H,9H2,(H,14,17)(H,15,16). The minimum absolute atomic E-state index is 0.157. The lowest BCUT2D eigenvalue weighted by molar-refractivity contribution is 0.0950. The quantitative estimate of drug-likeness (QED) is 0.831. The summed E-state index contributed by atoms with van der Waals surface area (Å²) < 4.78 is 0. The molecule has 0 atom stereocenters. The topological polar surface area (TPSA) is 62.0 Å². The monoisotopic (exact) mass is 228 g/mol. The summed E-state index contributed by atoms with van der Waals surface area (Å²) in [5.41, 5.74) is 1.11. The predicted octanol–water partition coefficient (Wildman–Crippen LogP) is 1.30. The smallest absolute Gasteiger partial charge is 0.251 e. The molecule has 0 fully saturated rings. The van der Waals surface area contributed by atoms with Crippen molar-refractivity contribution >= 4 is 5.91 Å². The molecular formula is C13H12N2O2. The van der Waals surface area contributed by atoms with Crippen molar-refractivity contribution in [2.45, 2.75) is 6.54 Å². The van der Waals surface area contributed by atoms with Crippen LogP contribution in [0.5, 0.6) is 0 Å². The number of carbonyl (C=O) groups is 1. The van der Waals surface area contributed by atoms with Crippen LogP contribution in [-0.2, 0) is 6.54 Å². The third-order valence-corrected chi connectivity index (χ3v) is 2.30. The molecule has 0 bridgehead atoms. The second-order valence-electron chi connectivity index (χ2n) is 3.59. The Hall–Kier alpha value is -2.36. The van der Waals surface area contributed by atoms with E-state index in [9.17, 15) is 9.59 Å². The van der Waals surface area contributed by atoms with Gasteiger partial charge in [-0.15, -0.1) is 0 Å². The van der Waals surface area contributed by atoms with E-state index < -0.39 is 0 Å². The van der Waals surface area contributed by atoms with Crippen molar-refractivity contribution in [2.24, 2.45) is 0 Å². The fourth-order valence-electron chi connectivity index (χ4n) is 1.46. The molecule has 0 saturated carbocycles. The molecule has 0 unspecified atom stereocenters. The Balaban J connectivity index is 2.00. The van der Waals surface area contributed by atoms with E-state index in [0.29, 0.717) is 17.8 Å².